The van der Waals surface area contributed by atoms with Crippen molar-refractivity contribution < 1.29 is 14.6 Å². The van der Waals surface area contributed by atoms with Crippen molar-refractivity contribution in [3.8, 4) is 11.5 Å². The number of carbonyl (C=O) groups excluding carboxylic acids is 1. The Bertz CT molecular complexity index is 953. The molecule has 0 spiro atoms. The number of para-hydroxylation sites is 3. The molecule has 5 nitrogen and oxygen atoms in total. The minimum absolute atomic E-state index is 0.109. The average molecular weight is 346 g/mol. The van der Waals surface area contributed by atoms with Crippen LogP contribution in [0.5, 0.6) is 11.5 Å². The molecule has 0 fully saturated rings. The summed E-state index contributed by atoms with van der Waals surface area (Å²) in [6.45, 7) is 0. The van der Waals surface area contributed by atoms with Crippen molar-refractivity contribution >= 4 is 17.3 Å². The van der Waals surface area contributed by atoms with Gasteiger partial charge in [-0.15, -0.1) is 0 Å². The number of hydrogen-bond acceptors (Lipinski definition) is 4. The number of ether oxygens (including phenoxy) is 1. The van der Waals surface area contributed by atoms with Gasteiger partial charge in [-0.25, -0.2) is 0 Å². The van der Waals surface area contributed by atoms with Gasteiger partial charge in [0.2, 0.25) is 0 Å². The quantitative estimate of drug-likeness (QED) is 0.747. The first kappa shape index (κ1) is 16.0. The maximum atomic E-state index is 13.3. The van der Waals surface area contributed by atoms with Crippen LogP contribution < -0.4 is 15.0 Å². The molecule has 0 radical (unpaired) electrons. The number of phenols is 1. The zero-order valence-corrected chi connectivity index (χ0v) is 14.2. The molecule has 0 aromatic heterocycles. The Morgan fingerprint density at radius 3 is 2.42 bits per heavy atom. The number of rotatable bonds is 3. The first-order chi connectivity index (χ1) is 12.7. The van der Waals surface area contributed by atoms with Crippen LogP contribution >= 0.6 is 0 Å². The minimum atomic E-state index is -0.422. The molecule has 4 rings (SSSR count). The summed E-state index contributed by atoms with van der Waals surface area (Å²) in [5, 5.41) is 13.0. The van der Waals surface area contributed by atoms with E-state index in [9.17, 15) is 9.90 Å². The molecule has 0 saturated heterocycles. The van der Waals surface area contributed by atoms with Crippen LogP contribution in [0, 0.1) is 0 Å². The molecule has 0 bridgehead atoms. The third kappa shape index (κ3) is 2.63. The molecule has 0 unspecified atom stereocenters. The first-order valence-electron chi connectivity index (χ1n) is 8.30. The maximum absolute atomic E-state index is 13.3. The normalized spacial score (nSPS) is 16.0. The lowest BCUT2D eigenvalue weighted by Gasteiger charge is -2.38. The second-order valence-corrected chi connectivity index (χ2v) is 6.03. The second-order valence-electron chi connectivity index (χ2n) is 6.03. The Balaban J connectivity index is 1.89. The van der Waals surface area contributed by atoms with Gasteiger partial charge in [0.1, 0.15) is 17.7 Å². The number of nitrogens with zero attached hydrogens (tertiary/aromatic N) is 1. The molecule has 1 atom stereocenters. The highest BCUT2D eigenvalue weighted by molar-refractivity contribution is 6.12. The Kier molecular flexibility index (Phi) is 3.97. The zero-order valence-electron chi connectivity index (χ0n) is 14.2. The van der Waals surface area contributed by atoms with Crippen molar-refractivity contribution in [3.05, 3.63) is 83.9 Å². The van der Waals surface area contributed by atoms with E-state index in [0.717, 1.165) is 11.3 Å². The van der Waals surface area contributed by atoms with Crippen LogP contribution in [0.3, 0.4) is 0 Å². The number of amides is 1. The highest BCUT2D eigenvalue weighted by Crippen LogP contribution is 2.40. The van der Waals surface area contributed by atoms with Crippen molar-refractivity contribution in [2.24, 2.45) is 0 Å². The predicted octanol–water partition coefficient (Wildman–Crippen LogP) is 4.17. The van der Waals surface area contributed by atoms with Gasteiger partial charge in [0.25, 0.3) is 5.91 Å². The first-order valence-corrected chi connectivity index (χ1v) is 8.30. The predicted molar refractivity (Wildman–Crippen MR) is 101 cm³/mol. The van der Waals surface area contributed by atoms with E-state index in [2.05, 4.69) is 5.32 Å². The Labute approximate surface area is 151 Å². The standard InChI is InChI=1S/C21H18N2O3/c1-26-19-9-5-4-8-18(19)23-20(14-10-12-15(24)13-11-14)22-17-7-3-2-6-16(17)21(23)25/h2-13,20,22,24H,1H3/t20-/m0/s1. The number of nitrogens with one attached hydrogen (secondary N) is 1. The fourth-order valence-corrected chi connectivity index (χ4v) is 3.22. The Morgan fingerprint density at radius 2 is 1.65 bits per heavy atom. The van der Waals surface area contributed by atoms with Gasteiger partial charge in [0, 0.05) is 5.69 Å². The lowest BCUT2D eigenvalue weighted by molar-refractivity contribution is 0.0974. The summed E-state index contributed by atoms with van der Waals surface area (Å²) < 4.78 is 5.48. The van der Waals surface area contributed by atoms with Gasteiger partial charge < -0.3 is 15.2 Å². The molecular formula is C21H18N2O3. The molecule has 2 N–H and O–H groups in total. The molecule has 26 heavy (non-hydrogen) atoms. The molecule has 3 aromatic carbocycles. The molecule has 1 heterocycles. The van der Waals surface area contributed by atoms with Crippen LogP contribution in [0.1, 0.15) is 22.1 Å². The van der Waals surface area contributed by atoms with E-state index in [1.54, 1.807) is 42.3 Å². The minimum Gasteiger partial charge on any atom is -0.508 e. The Hall–Kier alpha value is -3.47. The summed E-state index contributed by atoms with van der Waals surface area (Å²) in [5.74, 6) is 0.688. The summed E-state index contributed by atoms with van der Waals surface area (Å²) in [6.07, 6.45) is -0.422. The van der Waals surface area contributed by atoms with Crippen LogP contribution in [0.15, 0.2) is 72.8 Å². The number of carbonyl (C=O) groups is 1. The van der Waals surface area contributed by atoms with E-state index in [1.165, 1.54) is 0 Å². The van der Waals surface area contributed by atoms with Crippen molar-refractivity contribution in [2.75, 3.05) is 17.3 Å². The van der Waals surface area contributed by atoms with E-state index in [-0.39, 0.29) is 11.7 Å². The van der Waals surface area contributed by atoms with Crippen molar-refractivity contribution in [1.82, 2.24) is 0 Å². The van der Waals surface area contributed by atoms with Crippen LogP contribution in [-0.4, -0.2) is 18.1 Å². The van der Waals surface area contributed by atoms with E-state index in [0.29, 0.717) is 17.0 Å². The van der Waals surface area contributed by atoms with Crippen molar-refractivity contribution in [2.45, 2.75) is 6.17 Å². The molecule has 0 aliphatic carbocycles. The monoisotopic (exact) mass is 346 g/mol. The molecule has 1 aliphatic rings. The van der Waals surface area contributed by atoms with E-state index < -0.39 is 6.17 Å². The number of aromatic hydroxyl groups is 1. The smallest absolute Gasteiger partial charge is 0.262 e. The summed E-state index contributed by atoms with van der Waals surface area (Å²) in [6, 6.07) is 21.7. The van der Waals surface area contributed by atoms with E-state index in [4.69, 9.17) is 4.74 Å². The number of methoxy groups -OCH3 is 1. The lowest BCUT2D eigenvalue weighted by Crippen LogP contribution is -2.43. The van der Waals surface area contributed by atoms with Crippen LogP contribution in [0.4, 0.5) is 11.4 Å². The van der Waals surface area contributed by atoms with Crippen LogP contribution in [0.2, 0.25) is 0 Å². The Morgan fingerprint density at radius 1 is 0.962 bits per heavy atom. The third-order valence-electron chi connectivity index (χ3n) is 4.48. The molecule has 1 amide bonds. The highest BCUT2D eigenvalue weighted by Gasteiger charge is 2.35. The fraction of sp³-hybridized carbons (Fsp3) is 0.0952. The van der Waals surface area contributed by atoms with Crippen LogP contribution in [0.25, 0.3) is 0 Å². The van der Waals surface area contributed by atoms with Gasteiger partial charge >= 0.3 is 0 Å². The number of benzene rings is 3. The van der Waals surface area contributed by atoms with Crippen molar-refractivity contribution in [3.63, 3.8) is 0 Å². The van der Waals surface area contributed by atoms with Gasteiger partial charge in [0.05, 0.1) is 18.4 Å². The fourth-order valence-electron chi connectivity index (χ4n) is 3.22. The maximum Gasteiger partial charge on any atom is 0.262 e. The number of phenolic OH excluding ortho intramolecular Hbond substituents is 1. The molecule has 130 valence electrons. The van der Waals surface area contributed by atoms with E-state index in [1.807, 2.05) is 42.5 Å². The molecule has 1 aliphatic heterocycles. The molecule has 0 saturated carbocycles. The SMILES string of the molecule is COc1ccccc1N1C(=O)c2ccccc2N[C@@H]1c1ccc(O)cc1. The topological polar surface area (TPSA) is 61.8 Å². The second kappa shape index (κ2) is 6.44. The highest BCUT2D eigenvalue weighted by atomic mass is 16.5. The van der Waals surface area contributed by atoms with Gasteiger partial charge in [-0.3, -0.25) is 9.69 Å². The number of anilines is 2. The van der Waals surface area contributed by atoms with Gasteiger partial charge in [-0.1, -0.05) is 36.4 Å². The zero-order chi connectivity index (χ0) is 18.1. The summed E-state index contributed by atoms with van der Waals surface area (Å²) >= 11 is 0. The van der Waals surface area contributed by atoms with Gasteiger partial charge in [-0.05, 0) is 42.0 Å². The molecule has 3 aromatic rings. The number of hydrogen-bond donors (Lipinski definition) is 2. The van der Waals surface area contributed by atoms with Crippen LogP contribution in [-0.2, 0) is 0 Å². The van der Waals surface area contributed by atoms with E-state index >= 15 is 0 Å². The molecule has 5 heteroatoms. The average Bonchev–Trinajstić information content (AvgIpc) is 2.68. The van der Waals surface area contributed by atoms with Gasteiger partial charge in [-0.2, -0.15) is 0 Å². The summed E-state index contributed by atoms with van der Waals surface area (Å²) in [7, 11) is 1.59. The van der Waals surface area contributed by atoms with Crippen molar-refractivity contribution in [1.29, 1.82) is 0 Å². The van der Waals surface area contributed by atoms with Gasteiger partial charge in [0.15, 0.2) is 0 Å². The molecular weight excluding hydrogens is 328 g/mol. The largest absolute Gasteiger partial charge is 0.508 e. The number of fused-ring (bicyclic) bond motifs is 1. The summed E-state index contributed by atoms with van der Waals surface area (Å²) in [4.78, 5) is 15.0. The lowest BCUT2D eigenvalue weighted by atomic mass is 10.0. The third-order valence-corrected chi connectivity index (χ3v) is 4.48. The summed E-state index contributed by atoms with van der Waals surface area (Å²) in [5.41, 5.74) is 2.92.